The SMILES string of the molecule is Cc1nn(C)c(C)c1CN(CCO)C(=O)NC(C)c1ccc(Cl)cc1. The molecule has 1 atom stereocenters. The lowest BCUT2D eigenvalue weighted by molar-refractivity contribution is 0.171. The minimum atomic E-state index is -0.223. The normalized spacial score (nSPS) is 12.1. The number of rotatable bonds is 6. The third-order valence-corrected chi connectivity index (χ3v) is 4.63. The predicted molar refractivity (Wildman–Crippen MR) is 98.6 cm³/mol. The molecule has 0 bridgehead atoms. The number of nitrogens with one attached hydrogen (secondary N) is 1. The number of aryl methyl sites for hydroxylation is 2. The van der Waals surface area contributed by atoms with Gasteiger partial charge in [0.1, 0.15) is 0 Å². The third kappa shape index (κ3) is 4.74. The van der Waals surface area contributed by atoms with E-state index in [4.69, 9.17) is 11.6 Å². The van der Waals surface area contributed by atoms with Crippen molar-refractivity contribution in [3.8, 4) is 0 Å². The topological polar surface area (TPSA) is 70.4 Å². The first-order chi connectivity index (χ1) is 11.8. The van der Waals surface area contributed by atoms with Crippen molar-refractivity contribution in [3.63, 3.8) is 0 Å². The second kappa shape index (κ2) is 8.36. The Bertz CT molecular complexity index is 727. The number of halogens is 1. The molecular weight excluding hydrogens is 340 g/mol. The molecule has 0 saturated carbocycles. The fourth-order valence-electron chi connectivity index (χ4n) is 2.72. The van der Waals surface area contributed by atoms with Gasteiger partial charge in [0.15, 0.2) is 0 Å². The van der Waals surface area contributed by atoms with Crippen LogP contribution in [0.3, 0.4) is 0 Å². The van der Waals surface area contributed by atoms with Crippen molar-refractivity contribution in [2.24, 2.45) is 7.05 Å². The Hall–Kier alpha value is -2.05. The second-order valence-corrected chi connectivity index (χ2v) is 6.58. The van der Waals surface area contributed by atoms with Gasteiger partial charge in [-0.05, 0) is 38.5 Å². The van der Waals surface area contributed by atoms with Crippen LogP contribution in [0.1, 0.15) is 35.5 Å². The summed E-state index contributed by atoms with van der Waals surface area (Å²) in [5, 5.41) is 17.3. The molecule has 0 spiro atoms. The van der Waals surface area contributed by atoms with Gasteiger partial charge in [0.2, 0.25) is 0 Å². The van der Waals surface area contributed by atoms with Crippen LogP contribution in [-0.4, -0.2) is 39.0 Å². The maximum atomic E-state index is 12.7. The van der Waals surface area contributed by atoms with E-state index < -0.39 is 0 Å². The van der Waals surface area contributed by atoms with Gasteiger partial charge in [-0.1, -0.05) is 23.7 Å². The monoisotopic (exact) mass is 364 g/mol. The summed E-state index contributed by atoms with van der Waals surface area (Å²) in [6.07, 6.45) is 0. The molecule has 7 heteroatoms. The van der Waals surface area contributed by atoms with Gasteiger partial charge in [-0.2, -0.15) is 5.10 Å². The van der Waals surface area contributed by atoms with Crippen LogP contribution in [0.15, 0.2) is 24.3 Å². The number of aliphatic hydroxyl groups is 1. The highest BCUT2D eigenvalue weighted by atomic mass is 35.5. The number of nitrogens with zero attached hydrogens (tertiary/aromatic N) is 3. The van der Waals surface area contributed by atoms with E-state index in [0.717, 1.165) is 22.5 Å². The summed E-state index contributed by atoms with van der Waals surface area (Å²) in [6.45, 7) is 6.38. The Morgan fingerprint density at radius 1 is 1.36 bits per heavy atom. The number of aliphatic hydroxyl groups excluding tert-OH is 1. The van der Waals surface area contributed by atoms with Gasteiger partial charge in [-0.3, -0.25) is 4.68 Å². The molecule has 1 aromatic carbocycles. The molecule has 0 radical (unpaired) electrons. The van der Waals surface area contributed by atoms with Crippen molar-refractivity contribution >= 4 is 17.6 Å². The summed E-state index contributed by atoms with van der Waals surface area (Å²) in [6, 6.07) is 6.99. The van der Waals surface area contributed by atoms with Gasteiger partial charge in [-0.25, -0.2) is 4.79 Å². The number of hydrogen-bond donors (Lipinski definition) is 2. The van der Waals surface area contributed by atoms with Gasteiger partial charge in [-0.15, -0.1) is 0 Å². The molecule has 0 aliphatic heterocycles. The fourth-order valence-corrected chi connectivity index (χ4v) is 2.85. The third-order valence-electron chi connectivity index (χ3n) is 4.37. The Labute approximate surface area is 153 Å². The first-order valence-corrected chi connectivity index (χ1v) is 8.62. The van der Waals surface area contributed by atoms with E-state index in [9.17, 15) is 9.90 Å². The van der Waals surface area contributed by atoms with Crippen molar-refractivity contribution in [2.45, 2.75) is 33.4 Å². The van der Waals surface area contributed by atoms with Crippen LogP contribution < -0.4 is 5.32 Å². The van der Waals surface area contributed by atoms with E-state index in [1.807, 2.05) is 40.0 Å². The number of amides is 2. The highest BCUT2D eigenvalue weighted by molar-refractivity contribution is 6.30. The summed E-state index contributed by atoms with van der Waals surface area (Å²) in [5.74, 6) is 0. The van der Waals surface area contributed by atoms with Crippen LogP contribution in [-0.2, 0) is 13.6 Å². The lowest BCUT2D eigenvalue weighted by Gasteiger charge is -2.25. The van der Waals surface area contributed by atoms with E-state index in [0.29, 0.717) is 11.6 Å². The number of carbonyl (C=O) groups is 1. The van der Waals surface area contributed by atoms with Crippen LogP contribution in [0.5, 0.6) is 0 Å². The highest BCUT2D eigenvalue weighted by Crippen LogP contribution is 2.18. The molecule has 1 unspecified atom stereocenters. The Morgan fingerprint density at radius 2 is 2.00 bits per heavy atom. The summed E-state index contributed by atoms with van der Waals surface area (Å²) in [7, 11) is 1.88. The van der Waals surface area contributed by atoms with Gasteiger partial charge < -0.3 is 15.3 Å². The number of aromatic nitrogens is 2. The molecule has 1 aromatic heterocycles. The number of hydrogen-bond acceptors (Lipinski definition) is 3. The van der Waals surface area contributed by atoms with Gasteiger partial charge in [0.25, 0.3) is 0 Å². The summed E-state index contributed by atoms with van der Waals surface area (Å²) in [4.78, 5) is 14.3. The fraction of sp³-hybridized carbons (Fsp3) is 0.444. The number of benzene rings is 1. The predicted octanol–water partition coefficient (Wildman–Crippen LogP) is 2.96. The molecule has 0 aliphatic rings. The zero-order valence-corrected chi connectivity index (χ0v) is 15.8. The number of urea groups is 1. The molecule has 6 nitrogen and oxygen atoms in total. The van der Waals surface area contributed by atoms with Crippen molar-refractivity contribution in [3.05, 3.63) is 51.8 Å². The largest absolute Gasteiger partial charge is 0.395 e. The molecule has 0 saturated heterocycles. The molecule has 136 valence electrons. The van der Waals surface area contributed by atoms with Crippen molar-refractivity contribution in [1.82, 2.24) is 20.0 Å². The van der Waals surface area contributed by atoms with Crippen molar-refractivity contribution < 1.29 is 9.90 Å². The van der Waals surface area contributed by atoms with Gasteiger partial charge in [0, 0.05) is 29.9 Å². The quantitative estimate of drug-likeness (QED) is 0.827. The Morgan fingerprint density at radius 3 is 2.52 bits per heavy atom. The van der Waals surface area contributed by atoms with E-state index in [1.165, 1.54) is 0 Å². The summed E-state index contributed by atoms with van der Waals surface area (Å²) in [5.41, 5.74) is 3.88. The molecule has 25 heavy (non-hydrogen) atoms. The van der Waals surface area contributed by atoms with Gasteiger partial charge in [0.05, 0.1) is 24.9 Å². The smallest absolute Gasteiger partial charge is 0.318 e. The van der Waals surface area contributed by atoms with Crippen LogP contribution >= 0.6 is 11.6 Å². The maximum Gasteiger partial charge on any atom is 0.318 e. The van der Waals surface area contributed by atoms with Crippen molar-refractivity contribution in [1.29, 1.82) is 0 Å². The van der Waals surface area contributed by atoms with Gasteiger partial charge >= 0.3 is 6.03 Å². The molecule has 2 aromatic rings. The summed E-state index contributed by atoms with van der Waals surface area (Å²) >= 11 is 5.90. The molecule has 0 fully saturated rings. The first kappa shape index (κ1) is 19.3. The molecular formula is C18H25ClN4O2. The van der Waals surface area contributed by atoms with Crippen molar-refractivity contribution in [2.75, 3.05) is 13.2 Å². The van der Waals surface area contributed by atoms with Crippen LogP contribution in [0.25, 0.3) is 0 Å². The molecule has 0 aliphatic carbocycles. The molecule has 2 amide bonds. The van der Waals surface area contributed by atoms with Crippen LogP contribution in [0, 0.1) is 13.8 Å². The molecule has 2 rings (SSSR count). The molecule has 1 heterocycles. The van der Waals surface area contributed by atoms with E-state index in [2.05, 4.69) is 10.4 Å². The number of carbonyl (C=O) groups excluding carboxylic acids is 1. The average molecular weight is 365 g/mol. The average Bonchev–Trinajstić information content (AvgIpc) is 2.81. The minimum absolute atomic E-state index is 0.0961. The van der Waals surface area contributed by atoms with E-state index in [1.54, 1.807) is 21.7 Å². The summed E-state index contributed by atoms with van der Waals surface area (Å²) < 4.78 is 1.80. The van der Waals surface area contributed by atoms with Crippen LogP contribution in [0.2, 0.25) is 5.02 Å². The van der Waals surface area contributed by atoms with E-state index in [-0.39, 0.29) is 25.2 Å². The first-order valence-electron chi connectivity index (χ1n) is 8.24. The zero-order valence-electron chi connectivity index (χ0n) is 15.1. The molecule has 2 N–H and O–H groups in total. The highest BCUT2D eigenvalue weighted by Gasteiger charge is 2.20. The Kier molecular flexibility index (Phi) is 6.45. The maximum absolute atomic E-state index is 12.7. The second-order valence-electron chi connectivity index (χ2n) is 6.14. The lowest BCUT2D eigenvalue weighted by Crippen LogP contribution is -2.42. The standard InChI is InChI=1S/C18H25ClN4O2/c1-12(15-5-7-16(19)8-6-15)20-18(25)23(9-10-24)11-17-13(2)21-22(4)14(17)3/h5-8,12,24H,9-11H2,1-4H3,(H,20,25). The minimum Gasteiger partial charge on any atom is -0.395 e. The zero-order chi connectivity index (χ0) is 18.6. The van der Waals surface area contributed by atoms with Crippen LogP contribution in [0.4, 0.5) is 4.79 Å². The Balaban J connectivity index is 2.10. The van der Waals surface area contributed by atoms with E-state index >= 15 is 0 Å². The lowest BCUT2D eigenvalue weighted by atomic mass is 10.1.